The summed E-state index contributed by atoms with van der Waals surface area (Å²) < 4.78 is 36.9. The van der Waals surface area contributed by atoms with Crippen molar-refractivity contribution < 1.29 is 38.6 Å². The number of rotatable bonds is 23. The van der Waals surface area contributed by atoms with E-state index in [1.807, 2.05) is 170 Å². The summed E-state index contributed by atoms with van der Waals surface area (Å²) in [5, 5.41) is 23.6. The van der Waals surface area contributed by atoms with Crippen LogP contribution < -0.4 is 9.47 Å². The molecule has 0 aliphatic carbocycles. The van der Waals surface area contributed by atoms with E-state index < -0.39 is 24.4 Å². The molecule has 0 saturated heterocycles. The Morgan fingerprint density at radius 1 is 0.339 bits per heavy atom. The molecular formula is C48H50O8. The maximum Gasteiger partial charge on any atom is 0.120 e. The van der Waals surface area contributed by atoms with Crippen LogP contribution in [0.3, 0.4) is 0 Å². The second-order valence-electron chi connectivity index (χ2n) is 13.5. The van der Waals surface area contributed by atoms with Crippen LogP contribution in [0.5, 0.6) is 11.5 Å². The lowest BCUT2D eigenvalue weighted by molar-refractivity contribution is -0.170. The Morgan fingerprint density at radius 2 is 0.661 bits per heavy atom. The Labute approximate surface area is 329 Å². The van der Waals surface area contributed by atoms with Crippen molar-refractivity contribution in [2.24, 2.45) is 0 Å². The minimum atomic E-state index is -1.38. The second kappa shape index (κ2) is 22.3. The molecule has 8 heteroatoms. The maximum absolute atomic E-state index is 11.8. The molecule has 0 saturated carbocycles. The van der Waals surface area contributed by atoms with E-state index >= 15 is 0 Å². The van der Waals surface area contributed by atoms with Gasteiger partial charge in [0.1, 0.15) is 49.1 Å². The number of ether oxygens (including phenoxy) is 6. The van der Waals surface area contributed by atoms with Gasteiger partial charge in [-0.25, -0.2) is 0 Å². The Hall–Kier alpha value is -5.32. The summed E-state index contributed by atoms with van der Waals surface area (Å²) >= 11 is 0. The van der Waals surface area contributed by atoms with Crippen molar-refractivity contribution in [3.63, 3.8) is 0 Å². The number of aliphatic hydroxyl groups excluding tert-OH is 2. The molecule has 8 nitrogen and oxygen atoms in total. The molecule has 4 atom stereocenters. The molecule has 0 radical (unpaired) electrons. The highest BCUT2D eigenvalue weighted by atomic mass is 16.6. The van der Waals surface area contributed by atoms with Crippen molar-refractivity contribution in [2.75, 3.05) is 13.2 Å². The number of benzene rings is 6. The van der Waals surface area contributed by atoms with E-state index in [2.05, 4.69) is 0 Å². The van der Waals surface area contributed by atoms with E-state index in [0.717, 1.165) is 33.4 Å². The van der Waals surface area contributed by atoms with Crippen LogP contribution in [0.4, 0.5) is 0 Å². The topological polar surface area (TPSA) is 95.8 Å². The molecule has 0 fully saturated rings. The highest BCUT2D eigenvalue weighted by Crippen LogP contribution is 2.21. The molecule has 0 amide bonds. The summed E-state index contributed by atoms with van der Waals surface area (Å²) in [5.74, 6) is 1.40. The Balaban J connectivity index is 1.13. The number of hydrogen-bond donors (Lipinski definition) is 2. The zero-order valence-corrected chi connectivity index (χ0v) is 31.5. The average Bonchev–Trinajstić information content (AvgIpc) is 3.26. The minimum absolute atomic E-state index is 0.0235. The fourth-order valence-electron chi connectivity index (χ4n) is 6.00. The molecule has 0 heterocycles. The van der Waals surface area contributed by atoms with Gasteiger partial charge in [0.15, 0.2) is 0 Å². The monoisotopic (exact) mass is 754 g/mol. The van der Waals surface area contributed by atoms with Crippen molar-refractivity contribution in [1.29, 1.82) is 0 Å². The largest absolute Gasteiger partial charge is 0.489 e. The molecule has 6 rings (SSSR count). The van der Waals surface area contributed by atoms with Crippen molar-refractivity contribution in [2.45, 2.75) is 64.1 Å². The van der Waals surface area contributed by atoms with Gasteiger partial charge >= 0.3 is 0 Å². The van der Waals surface area contributed by atoms with Crippen LogP contribution in [0, 0.1) is 0 Å². The summed E-state index contributed by atoms with van der Waals surface area (Å²) in [7, 11) is 0. The molecule has 290 valence electrons. The lowest BCUT2D eigenvalue weighted by atomic mass is 10.0. The van der Waals surface area contributed by atoms with Gasteiger partial charge in [-0.15, -0.1) is 0 Å². The third-order valence-corrected chi connectivity index (χ3v) is 9.12. The van der Waals surface area contributed by atoms with Gasteiger partial charge in [-0.05, 0) is 57.6 Å². The van der Waals surface area contributed by atoms with Crippen molar-refractivity contribution in [3.8, 4) is 11.5 Å². The van der Waals surface area contributed by atoms with Crippen LogP contribution in [0.2, 0.25) is 0 Å². The molecule has 6 aromatic carbocycles. The third-order valence-electron chi connectivity index (χ3n) is 9.12. The molecule has 6 aromatic rings. The quantitative estimate of drug-likeness (QED) is 0.0673. The van der Waals surface area contributed by atoms with Gasteiger partial charge in [0.2, 0.25) is 0 Å². The zero-order valence-electron chi connectivity index (χ0n) is 31.5. The van der Waals surface area contributed by atoms with Gasteiger partial charge in [0.05, 0.1) is 39.6 Å². The summed E-state index contributed by atoms with van der Waals surface area (Å²) in [4.78, 5) is 0. The molecule has 0 aromatic heterocycles. The molecule has 0 bridgehead atoms. The standard InChI is InChI=1S/C48H50O8/c49-47(45(35-51-29-37-15-5-1-6-16-37)55-33-41-23-13-25-43(27-41)53-31-39-19-9-3-10-20-39)48(50)46(36-52-30-38-17-7-2-8-18-38)56-34-42-24-14-26-44(28-42)54-32-40-21-11-4-12-22-40/h1-28,45-50H,29-36H2/t45-,46-,47-,48-/m1/s1. The first-order valence-electron chi connectivity index (χ1n) is 18.9. The normalized spacial score (nSPS) is 13.4. The Bertz CT molecular complexity index is 1820. The van der Waals surface area contributed by atoms with Crippen LogP contribution in [0.15, 0.2) is 170 Å². The molecular weight excluding hydrogens is 705 g/mol. The Morgan fingerprint density at radius 3 is 1.02 bits per heavy atom. The van der Waals surface area contributed by atoms with Gasteiger partial charge in [0, 0.05) is 0 Å². The first kappa shape index (κ1) is 40.3. The fraction of sp³-hybridized carbons (Fsp3) is 0.250. The van der Waals surface area contributed by atoms with Crippen molar-refractivity contribution in [3.05, 3.63) is 203 Å². The molecule has 56 heavy (non-hydrogen) atoms. The van der Waals surface area contributed by atoms with E-state index in [4.69, 9.17) is 28.4 Å². The van der Waals surface area contributed by atoms with Crippen LogP contribution in [-0.4, -0.2) is 47.8 Å². The SMILES string of the molecule is O[C@@H]([C@H](O)[C@@H](COCc1ccccc1)OCc1cccc(OCc2ccccc2)c1)[C@@H](COCc1ccccc1)OCc1cccc(OCc2ccccc2)c1. The molecule has 0 unspecified atom stereocenters. The second-order valence-corrected chi connectivity index (χ2v) is 13.5. The smallest absolute Gasteiger partial charge is 0.120 e. The average molecular weight is 755 g/mol. The van der Waals surface area contributed by atoms with E-state index in [-0.39, 0.29) is 26.4 Å². The first-order chi connectivity index (χ1) is 27.6. The zero-order chi connectivity index (χ0) is 38.6. The van der Waals surface area contributed by atoms with Gasteiger partial charge in [-0.2, -0.15) is 0 Å². The highest BCUT2D eigenvalue weighted by molar-refractivity contribution is 5.30. The van der Waals surface area contributed by atoms with E-state index in [1.54, 1.807) is 0 Å². The van der Waals surface area contributed by atoms with Crippen LogP contribution in [0.25, 0.3) is 0 Å². The maximum atomic E-state index is 11.8. The third kappa shape index (κ3) is 13.5. The predicted molar refractivity (Wildman–Crippen MR) is 216 cm³/mol. The summed E-state index contributed by atoms with van der Waals surface area (Å²) in [6.45, 7) is 1.85. The van der Waals surface area contributed by atoms with Gasteiger partial charge in [-0.1, -0.05) is 146 Å². The highest BCUT2D eigenvalue weighted by Gasteiger charge is 2.34. The van der Waals surface area contributed by atoms with Gasteiger partial charge in [-0.3, -0.25) is 0 Å². The van der Waals surface area contributed by atoms with Crippen LogP contribution in [0.1, 0.15) is 33.4 Å². The van der Waals surface area contributed by atoms with Gasteiger partial charge < -0.3 is 38.6 Å². The predicted octanol–water partition coefficient (Wildman–Crippen LogP) is 8.47. The molecule has 0 spiro atoms. The van der Waals surface area contributed by atoms with E-state index in [0.29, 0.717) is 37.9 Å². The lowest BCUT2D eigenvalue weighted by Crippen LogP contribution is -2.49. The molecule has 2 N–H and O–H groups in total. The van der Waals surface area contributed by atoms with E-state index in [9.17, 15) is 10.2 Å². The van der Waals surface area contributed by atoms with Crippen LogP contribution >= 0.6 is 0 Å². The summed E-state index contributed by atoms with van der Waals surface area (Å²) in [5.41, 5.74) is 5.79. The van der Waals surface area contributed by atoms with E-state index in [1.165, 1.54) is 0 Å². The molecule has 0 aliphatic rings. The number of aliphatic hydroxyl groups is 2. The number of hydrogen-bond acceptors (Lipinski definition) is 8. The fourth-order valence-corrected chi connectivity index (χ4v) is 6.00. The summed E-state index contributed by atoms with van der Waals surface area (Å²) in [6.07, 6.45) is -4.57. The summed E-state index contributed by atoms with van der Waals surface area (Å²) in [6, 6.07) is 54.8. The van der Waals surface area contributed by atoms with Crippen LogP contribution in [-0.2, 0) is 58.6 Å². The first-order valence-corrected chi connectivity index (χ1v) is 18.9. The molecule has 0 aliphatic heterocycles. The van der Waals surface area contributed by atoms with Crippen molar-refractivity contribution in [1.82, 2.24) is 0 Å². The Kier molecular flexibility index (Phi) is 16.1. The lowest BCUT2D eigenvalue weighted by Gasteiger charge is -2.32. The van der Waals surface area contributed by atoms with Crippen molar-refractivity contribution >= 4 is 0 Å². The minimum Gasteiger partial charge on any atom is -0.489 e. The van der Waals surface area contributed by atoms with Gasteiger partial charge in [0.25, 0.3) is 0 Å².